The van der Waals surface area contributed by atoms with Gasteiger partial charge < -0.3 is 19.7 Å². The van der Waals surface area contributed by atoms with Gasteiger partial charge in [0.2, 0.25) is 5.91 Å². The standard InChI is InChI=1S/C28H38N2O4/c1-5-25(28(32)29-22-10-6-7-11-22)30(18-21-14-16-23(33-4)17-15-21)27(31)19-34-26-13-9-8-12-24(26)20(2)3/h8-9,12-17,20,22,25H,5-7,10-11,18-19H2,1-4H3,(H,29,32). The molecule has 6 heteroatoms. The maximum atomic E-state index is 13.5. The van der Waals surface area contributed by atoms with Crippen LogP contribution in [0.3, 0.4) is 0 Å². The van der Waals surface area contributed by atoms with Gasteiger partial charge in [0.05, 0.1) is 7.11 Å². The molecule has 0 aliphatic heterocycles. The van der Waals surface area contributed by atoms with Crippen LogP contribution in [0.1, 0.15) is 69.9 Å². The fourth-order valence-corrected chi connectivity index (χ4v) is 4.53. The van der Waals surface area contributed by atoms with Gasteiger partial charge in [0.1, 0.15) is 17.5 Å². The normalized spacial score (nSPS) is 14.6. The van der Waals surface area contributed by atoms with E-state index in [0.717, 1.165) is 42.6 Å². The minimum absolute atomic E-state index is 0.0844. The summed E-state index contributed by atoms with van der Waals surface area (Å²) in [5, 5.41) is 3.17. The lowest BCUT2D eigenvalue weighted by Crippen LogP contribution is -2.52. The molecule has 1 fully saturated rings. The van der Waals surface area contributed by atoms with E-state index in [1.165, 1.54) is 0 Å². The number of hydrogen-bond donors (Lipinski definition) is 1. The summed E-state index contributed by atoms with van der Waals surface area (Å²) in [6.07, 6.45) is 4.81. The van der Waals surface area contributed by atoms with Crippen molar-refractivity contribution in [2.45, 2.75) is 77.4 Å². The first-order valence-corrected chi connectivity index (χ1v) is 12.4. The predicted molar refractivity (Wildman–Crippen MR) is 134 cm³/mol. The highest BCUT2D eigenvalue weighted by Crippen LogP contribution is 2.26. The average molecular weight is 467 g/mol. The minimum atomic E-state index is -0.556. The van der Waals surface area contributed by atoms with Crippen molar-refractivity contribution in [1.82, 2.24) is 10.2 Å². The summed E-state index contributed by atoms with van der Waals surface area (Å²) in [5.41, 5.74) is 1.99. The van der Waals surface area contributed by atoms with Crippen molar-refractivity contribution >= 4 is 11.8 Å². The Hall–Kier alpha value is -3.02. The number of benzene rings is 2. The van der Waals surface area contributed by atoms with Gasteiger partial charge in [-0.05, 0) is 54.5 Å². The van der Waals surface area contributed by atoms with Gasteiger partial charge in [-0.3, -0.25) is 9.59 Å². The molecule has 0 spiro atoms. The third-order valence-corrected chi connectivity index (χ3v) is 6.49. The van der Waals surface area contributed by atoms with Gasteiger partial charge in [0.25, 0.3) is 5.91 Å². The van der Waals surface area contributed by atoms with E-state index in [1.807, 2.05) is 55.5 Å². The van der Waals surface area contributed by atoms with Crippen LogP contribution in [0.15, 0.2) is 48.5 Å². The first kappa shape index (κ1) is 25.6. The van der Waals surface area contributed by atoms with Gasteiger partial charge in [-0.15, -0.1) is 0 Å². The van der Waals surface area contributed by atoms with E-state index in [0.29, 0.717) is 18.7 Å². The predicted octanol–water partition coefficient (Wildman–Crippen LogP) is 5.06. The minimum Gasteiger partial charge on any atom is -0.497 e. The third-order valence-electron chi connectivity index (χ3n) is 6.49. The van der Waals surface area contributed by atoms with Crippen molar-refractivity contribution in [2.24, 2.45) is 0 Å². The second kappa shape index (κ2) is 12.4. The number of carbonyl (C=O) groups excluding carboxylic acids is 2. The molecule has 0 aromatic heterocycles. The smallest absolute Gasteiger partial charge is 0.261 e. The van der Waals surface area contributed by atoms with Gasteiger partial charge >= 0.3 is 0 Å². The Morgan fingerprint density at radius 1 is 1.06 bits per heavy atom. The zero-order valence-corrected chi connectivity index (χ0v) is 20.9. The second-order valence-corrected chi connectivity index (χ2v) is 9.26. The van der Waals surface area contributed by atoms with Gasteiger partial charge in [0.15, 0.2) is 6.61 Å². The molecule has 184 valence electrons. The molecule has 0 saturated heterocycles. The Morgan fingerprint density at radius 2 is 1.74 bits per heavy atom. The zero-order valence-electron chi connectivity index (χ0n) is 20.9. The molecule has 3 rings (SSSR count). The summed E-state index contributed by atoms with van der Waals surface area (Å²) in [4.78, 5) is 28.3. The van der Waals surface area contributed by atoms with Gasteiger partial charge in [0, 0.05) is 12.6 Å². The number of carbonyl (C=O) groups is 2. The lowest BCUT2D eigenvalue weighted by atomic mass is 10.0. The van der Waals surface area contributed by atoms with Crippen molar-refractivity contribution in [3.63, 3.8) is 0 Å². The molecule has 34 heavy (non-hydrogen) atoms. The van der Waals surface area contributed by atoms with E-state index in [4.69, 9.17) is 9.47 Å². The number of hydrogen-bond acceptors (Lipinski definition) is 4. The van der Waals surface area contributed by atoms with Crippen LogP contribution in [0, 0.1) is 0 Å². The highest BCUT2D eigenvalue weighted by atomic mass is 16.5. The molecule has 1 N–H and O–H groups in total. The van der Waals surface area contributed by atoms with E-state index in [2.05, 4.69) is 19.2 Å². The number of methoxy groups -OCH3 is 1. The Kier molecular flexibility index (Phi) is 9.37. The third kappa shape index (κ3) is 6.75. The Bertz CT molecular complexity index is 936. The van der Waals surface area contributed by atoms with E-state index in [-0.39, 0.29) is 30.4 Å². The SMILES string of the molecule is CCC(C(=O)NC1CCCC1)N(Cc1ccc(OC)cc1)C(=O)COc1ccccc1C(C)C. The van der Waals surface area contributed by atoms with Crippen LogP contribution in [-0.2, 0) is 16.1 Å². The Labute approximate surface area is 203 Å². The molecule has 0 bridgehead atoms. The first-order valence-electron chi connectivity index (χ1n) is 12.4. The summed E-state index contributed by atoms with van der Waals surface area (Å²) in [5.74, 6) is 1.45. The molecule has 1 unspecified atom stereocenters. The van der Waals surface area contributed by atoms with E-state index < -0.39 is 6.04 Å². The average Bonchev–Trinajstić information content (AvgIpc) is 3.36. The van der Waals surface area contributed by atoms with Crippen molar-refractivity contribution in [1.29, 1.82) is 0 Å². The molecule has 1 aliphatic rings. The van der Waals surface area contributed by atoms with Crippen LogP contribution in [0.5, 0.6) is 11.5 Å². The fraction of sp³-hybridized carbons (Fsp3) is 0.500. The number of para-hydroxylation sites is 1. The topological polar surface area (TPSA) is 67.9 Å². The second-order valence-electron chi connectivity index (χ2n) is 9.26. The molecular weight excluding hydrogens is 428 g/mol. The maximum Gasteiger partial charge on any atom is 0.261 e. The zero-order chi connectivity index (χ0) is 24.5. The number of nitrogens with zero attached hydrogens (tertiary/aromatic N) is 1. The van der Waals surface area contributed by atoms with Gasteiger partial charge in [-0.1, -0.05) is 63.9 Å². The molecule has 0 radical (unpaired) electrons. The van der Waals surface area contributed by atoms with Crippen molar-refractivity contribution in [3.05, 3.63) is 59.7 Å². The molecule has 1 saturated carbocycles. The quantitative estimate of drug-likeness (QED) is 0.502. The van der Waals surface area contributed by atoms with Crippen LogP contribution >= 0.6 is 0 Å². The molecule has 2 amide bonds. The lowest BCUT2D eigenvalue weighted by molar-refractivity contribution is -0.143. The van der Waals surface area contributed by atoms with Crippen molar-refractivity contribution in [2.75, 3.05) is 13.7 Å². The largest absolute Gasteiger partial charge is 0.497 e. The van der Waals surface area contributed by atoms with Crippen molar-refractivity contribution < 1.29 is 19.1 Å². The summed E-state index contributed by atoms with van der Waals surface area (Å²) < 4.78 is 11.2. The Morgan fingerprint density at radius 3 is 2.35 bits per heavy atom. The van der Waals surface area contributed by atoms with Crippen LogP contribution in [0.25, 0.3) is 0 Å². The fourth-order valence-electron chi connectivity index (χ4n) is 4.53. The van der Waals surface area contributed by atoms with E-state index in [9.17, 15) is 9.59 Å². The monoisotopic (exact) mass is 466 g/mol. The molecule has 2 aromatic rings. The van der Waals surface area contributed by atoms with Gasteiger partial charge in [-0.2, -0.15) is 0 Å². The van der Waals surface area contributed by atoms with Gasteiger partial charge in [-0.25, -0.2) is 0 Å². The van der Waals surface area contributed by atoms with Crippen LogP contribution in [0.2, 0.25) is 0 Å². The summed E-state index contributed by atoms with van der Waals surface area (Å²) in [6, 6.07) is 15.0. The molecule has 0 heterocycles. The number of ether oxygens (including phenoxy) is 2. The Balaban J connectivity index is 1.78. The number of rotatable bonds is 11. The van der Waals surface area contributed by atoms with Crippen LogP contribution in [-0.4, -0.2) is 42.5 Å². The summed E-state index contributed by atoms with van der Waals surface area (Å²) in [7, 11) is 1.62. The highest BCUT2D eigenvalue weighted by Gasteiger charge is 2.31. The highest BCUT2D eigenvalue weighted by molar-refractivity contribution is 5.88. The lowest BCUT2D eigenvalue weighted by Gasteiger charge is -2.31. The number of nitrogens with one attached hydrogen (secondary N) is 1. The first-order chi connectivity index (χ1) is 16.4. The molecular formula is C28H38N2O4. The van der Waals surface area contributed by atoms with E-state index in [1.54, 1.807) is 12.0 Å². The molecule has 2 aromatic carbocycles. The summed E-state index contributed by atoms with van der Waals surface area (Å²) >= 11 is 0. The molecule has 1 atom stereocenters. The van der Waals surface area contributed by atoms with Crippen LogP contribution in [0.4, 0.5) is 0 Å². The maximum absolute atomic E-state index is 13.5. The molecule has 6 nitrogen and oxygen atoms in total. The van der Waals surface area contributed by atoms with Crippen molar-refractivity contribution in [3.8, 4) is 11.5 Å². The number of amides is 2. The van der Waals surface area contributed by atoms with Crippen LogP contribution < -0.4 is 14.8 Å². The van der Waals surface area contributed by atoms with E-state index >= 15 is 0 Å². The summed E-state index contributed by atoms with van der Waals surface area (Å²) in [6.45, 7) is 6.35. The molecule has 1 aliphatic carbocycles.